The fourth-order valence-electron chi connectivity index (χ4n) is 2.76. The van der Waals surface area contributed by atoms with E-state index in [0.717, 1.165) is 5.56 Å². The molecule has 0 atom stereocenters. The molecule has 0 spiro atoms. The number of guanidine groups is 1. The summed E-state index contributed by atoms with van der Waals surface area (Å²) in [5, 5.41) is 17.3. The molecule has 0 radical (unpaired) electrons. The van der Waals surface area contributed by atoms with Crippen molar-refractivity contribution in [3.05, 3.63) is 69.3 Å². The predicted octanol–water partition coefficient (Wildman–Crippen LogP) is 3.18. The predicted molar refractivity (Wildman–Crippen MR) is 124 cm³/mol. The maximum absolute atomic E-state index is 11.7. The van der Waals surface area contributed by atoms with Gasteiger partial charge < -0.3 is 10.6 Å². The van der Waals surface area contributed by atoms with Crippen molar-refractivity contribution in [3.8, 4) is 0 Å². The van der Waals surface area contributed by atoms with Gasteiger partial charge in [0.25, 0.3) is 5.69 Å². The highest BCUT2D eigenvalue weighted by Crippen LogP contribution is 2.18. The second kappa shape index (κ2) is 11.1. The van der Waals surface area contributed by atoms with Gasteiger partial charge in [-0.3, -0.25) is 10.1 Å². The fraction of sp³-hybridized carbons (Fsp3) is 0.316. The van der Waals surface area contributed by atoms with Crippen LogP contribution < -0.4 is 10.6 Å². The van der Waals surface area contributed by atoms with E-state index in [1.807, 2.05) is 6.92 Å². The van der Waals surface area contributed by atoms with Crippen LogP contribution in [-0.2, 0) is 22.9 Å². The molecule has 2 rings (SSSR count). The molecule has 0 heterocycles. The number of para-hydroxylation sites is 1. The van der Waals surface area contributed by atoms with Crippen LogP contribution in [0.25, 0.3) is 0 Å². The first-order chi connectivity index (χ1) is 13.2. The molecule has 2 N–H and O–H groups in total. The highest BCUT2D eigenvalue weighted by atomic mass is 127. The molecule has 0 aliphatic rings. The Morgan fingerprint density at radius 3 is 2.45 bits per heavy atom. The number of nitro benzene ring substituents is 1. The van der Waals surface area contributed by atoms with Crippen LogP contribution in [0.15, 0.2) is 52.4 Å². The van der Waals surface area contributed by atoms with Crippen molar-refractivity contribution >= 4 is 45.5 Å². The van der Waals surface area contributed by atoms with Crippen LogP contribution in [0.2, 0.25) is 0 Å². The number of halogens is 1. The summed E-state index contributed by atoms with van der Waals surface area (Å²) in [5.74, 6) is 0.519. The summed E-state index contributed by atoms with van der Waals surface area (Å²) >= 11 is 0. The SMILES string of the molecule is CCNC(=NCc1ccc(S(C)(=O)=O)c(C)c1)NCc1ccccc1[N+](=O)[O-].I. The first-order valence-corrected chi connectivity index (χ1v) is 10.7. The zero-order valence-corrected chi connectivity index (χ0v) is 19.7. The van der Waals surface area contributed by atoms with Crippen molar-refractivity contribution in [2.75, 3.05) is 12.8 Å². The van der Waals surface area contributed by atoms with Crippen molar-refractivity contribution in [3.63, 3.8) is 0 Å². The Labute approximate surface area is 187 Å². The van der Waals surface area contributed by atoms with E-state index in [1.54, 1.807) is 43.3 Å². The third-order valence-corrected chi connectivity index (χ3v) is 5.29. The van der Waals surface area contributed by atoms with Gasteiger partial charge in [-0.05, 0) is 31.0 Å². The smallest absolute Gasteiger partial charge is 0.274 e. The van der Waals surface area contributed by atoms with Crippen LogP contribution in [0, 0.1) is 17.0 Å². The lowest BCUT2D eigenvalue weighted by Crippen LogP contribution is -2.36. The van der Waals surface area contributed by atoms with Crippen LogP contribution >= 0.6 is 24.0 Å². The van der Waals surface area contributed by atoms with Crippen molar-refractivity contribution in [1.29, 1.82) is 0 Å². The van der Waals surface area contributed by atoms with E-state index >= 15 is 0 Å². The Kier molecular flexibility index (Phi) is 9.50. The third kappa shape index (κ3) is 7.28. The molecular weight excluding hydrogens is 507 g/mol. The molecule has 8 nitrogen and oxygen atoms in total. The van der Waals surface area contributed by atoms with Crippen LogP contribution in [0.5, 0.6) is 0 Å². The van der Waals surface area contributed by atoms with Crippen molar-refractivity contribution in [2.24, 2.45) is 4.99 Å². The molecule has 0 amide bonds. The number of hydrogen-bond donors (Lipinski definition) is 2. The van der Waals surface area contributed by atoms with E-state index in [1.165, 1.54) is 12.3 Å². The van der Waals surface area contributed by atoms with Crippen LogP contribution in [-0.4, -0.2) is 32.1 Å². The number of aliphatic imine (C=N–C) groups is 1. The van der Waals surface area contributed by atoms with Gasteiger partial charge in [-0.25, -0.2) is 13.4 Å². The summed E-state index contributed by atoms with van der Waals surface area (Å²) in [7, 11) is -3.26. The molecule has 2 aromatic carbocycles. The summed E-state index contributed by atoms with van der Waals surface area (Å²) in [6.07, 6.45) is 1.18. The monoisotopic (exact) mass is 532 g/mol. The molecule has 0 saturated heterocycles. The molecule has 0 unspecified atom stereocenters. The molecule has 0 aliphatic heterocycles. The number of benzene rings is 2. The summed E-state index contributed by atoms with van der Waals surface area (Å²) < 4.78 is 23.4. The Morgan fingerprint density at radius 1 is 1.17 bits per heavy atom. The molecule has 0 saturated carbocycles. The minimum atomic E-state index is -3.26. The first-order valence-electron chi connectivity index (χ1n) is 8.76. The maximum atomic E-state index is 11.7. The molecule has 29 heavy (non-hydrogen) atoms. The molecule has 158 valence electrons. The Balaban J connectivity index is 0.00000420. The highest BCUT2D eigenvalue weighted by molar-refractivity contribution is 14.0. The number of nitro groups is 1. The van der Waals surface area contributed by atoms with Gasteiger partial charge in [0, 0.05) is 31.0 Å². The van der Waals surface area contributed by atoms with Crippen molar-refractivity contribution in [2.45, 2.75) is 31.8 Å². The lowest BCUT2D eigenvalue weighted by molar-refractivity contribution is -0.385. The van der Waals surface area contributed by atoms with Gasteiger partial charge in [0.15, 0.2) is 15.8 Å². The molecule has 10 heteroatoms. The van der Waals surface area contributed by atoms with Gasteiger partial charge in [-0.15, -0.1) is 24.0 Å². The Morgan fingerprint density at radius 2 is 1.86 bits per heavy atom. The second-order valence-electron chi connectivity index (χ2n) is 6.31. The quantitative estimate of drug-likeness (QED) is 0.186. The van der Waals surface area contributed by atoms with Crippen molar-refractivity contribution in [1.82, 2.24) is 10.6 Å². The van der Waals surface area contributed by atoms with Gasteiger partial charge in [-0.2, -0.15) is 0 Å². The fourth-order valence-corrected chi connectivity index (χ4v) is 3.71. The number of nitrogens with one attached hydrogen (secondary N) is 2. The van der Waals surface area contributed by atoms with Crippen LogP contribution in [0.4, 0.5) is 5.69 Å². The van der Waals surface area contributed by atoms with Crippen molar-refractivity contribution < 1.29 is 13.3 Å². The van der Waals surface area contributed by atoms with Gasteiger partial charge in [0.2, 0.25) is 0 Å². The number of sulfone groups is 1. The zero-order chi connectivity index (χ0) is 20.7. The van der Waals surface area contributed by atoms with E-state index in [9.17, 15) is 18.5 Å². The van der Waals surface area contributed by atoms with Gasteiger partial charge in [0.1, 0.15) is 0 Å². The van der Waals surface area contributed by atoms with Gasteiger partial charge in [-0.1, -0.05) is 30.3 Å². The Hall–Kier alpha value is -2.21. The Bertz CT molecular complexity index is 993. The number of rotatable bonds is 7. The maximum Gasteiger partial charge on any atom is 0.274 e. The third-order valence-electron chi connectivity index (χ3n) is 4.04. The average Bonchev–Trinajstić information content (AvgIpc) is 2.63. The van der Waals surface area contributed by atoms with E-state index in [-0.39, 0.29) is 36.2 Å². The van der Waals surface area contributed by atoms with Crippen LogP contribution in [0.3, 0.4) is 0 Å². The van der Waals surface area contributed by atoms with E-state index in [0.29, 0.717) is 35.1 Å². The molecular formula is C19H25IN4O4S. The van der Waals surface area contributed by atoms with Gasteiger partial charge in [0.05, 0.1) is 16.4 Å². The normalized spacial score (nSPS) is 11.5. The van der Waals surface area contributed by atoms with Crippen LogP contribution in [0.1, 0.15) is 23.6 Å². The van der Waals surface area contributed by atoms with Gasteiger partial charge >= 0.3 is 0 Å². The molecule has 2 aromatic rings. The summed E-state index contributed by atoms with van der Waals surface area (Å²) in [6, 6.07) is 11.7. The zero-order valence-electron chi connectivity index (χ0n) is 16.5. The topological polar surface area (TPSA) is 114 Å². The minimum absolute atomic E-state index is 0. The number of hydrogen-bond acceptors (Lipinski definition) is 5. The molecule has 0 bridgehead atoms. The summed E-state index contributed by atoms with van der Waals surface area (Å²) in [5.41, 5.74) is 2.16. The van der Waals surface area contributed by atoms with E-state index in [2.05, 4.69) is 15.6 Å². The second-order valence-corrected chi connectivity index (χ2v) is 8.29. The number of nitrogens with zero attached hydrogens (tertiary/aromatic N) is 2. The molecule has 0 fully saturated rings. The van der Waals surface area contributed by atoms with E-state index in [4.69, 9.17) is 0 Å². The lowest BCUT2D eigenvalue weighted by atomic mass is 10.1. The largest absolute Gasteiger partial charge is 0.357 e. The minimum Gasteiger partial charge on any atom is -0.357 e. The summed E-state index contributed by atoms with van der Waals surface area (Å²) in [4.78, 5) is 15.5. The number of aryl methyl sites for hydroxylation is 1. The average molecular weight is 532 g/mol. The molecule has 0 aliphatic carbocycles. The summed E-state index contributed by atoms with van der Waals surface area (Å²) in [6.45, 7) is 4.91. The lowest BCUT2D eigenvalue weighted by Gasteiger charge is -2.12. The van der Waals surface area contributed by atoms with E-state index < -0.39 is 14.8 Å². The highest BCUT2D eigenvalue weighted by Gasteiger charge is 2.13. The molecule has 0 aromatic heterocycles. The first kappa shape index (κ1) is 24.8. The standard InChI is InChI=1S/C19H24N4O4S.HI/c1-4-20-19(22-13-16-7-5-6-8-17(16)23(24)25)21-12-15-9-10-18(14(2)11-15)28(3,26)27;/h5-11H,4,12-13H2,1-3H3,(H2,20,21,22);1H.